The first-order valence-corrected chi connectivity index (χ1v) is 10.8. The Morgan fingerprint density at radius 3 is 2.67 bits per heavy atom. The van der Waals surface area contributed by atoms with Crippen molar-refractivity contribution < 1.29 is 17.6 Å². The second-order valence-corrected chi connectivity index (χ2v) is 8.98. The number of carbonyl (C=O) groups excluding carboxylic acids is 1. The SMILES string of the molecule is CS(=O)(=O)c1ccc(F)c(NC(=O)C2CCCN(Cc3ccccc3)C2)c1. The Morgan fingerprint density at radius 2 is 1.96 bits per heavy atom. The average molecular weight is 390 g/mol. The van der Waals surface area contributed by atoms with E-state index in [2.05, 4.69) is 22.3 Å². The van der Waals surface area contributed by atoms with E-state index in [1.165, 1.54) is 17.7 Å². The standard InChI is InChI=1S/C20H23FN2O3S/c1-27(25,26)17-9-10-18(21)19(12-17)22-20(24)16-8-5-11-23(14-16)13-15-6-3-2-4-7-15/h2-4,6-7,9-10,12,16H,5,8,11,13-14H2,1H3,(H,22,24). The molecule has 1 amide bonds. The number of anilines is 1. The van der Waals surface area contributed by atoms with Gasteiger partial charge in [-0.25, -0.2) is 12.8 Å². The Morgan fingerprint density at radius 1 is 1.22 bits per heavy atom. The molecule has 3 rings (SSSR count). The van der Waals surface area contributed by atoms with Crippen molar-refractivity contribution in [1.29, 1.82) is 0 Å². The van der Waals surface area contributed by atoms with Crippen LogP contribution in [0.2, 0.25) is 0 Å². The summed E-state index contributed by atoms with van der Waals surface area (Å²) in [6.45, 7) is 2.27. The van der Waals surface area contributed by atoms with Crippen LogP contribution in [0.15, 0.2) is 53.4 Å². The Bertz CT molecular complexity index is 916. The van der Waals surface area contributed by atoms with E-state index in [1.54, 1.807) is 0 Å². The molecule has 0 aromatic heterocycles. The third kappa shape index (κ3) is 5.14. The molecule has 0 aliphatic carbocycles. The number of carbonyl (C=O) groups is 1. The summed E-state index contributed by atoms with van der Waals surface area (Å²) in [6.07, 6.45) is 2.66. The van der Waals surface area contributed by atoms with Crippen molar-refractivity contribution in [1.82, 2.24) is 4.90 Å². The van der Waals surface area contributed by atoms with Gasteiger partial charge in [0.25, 0.3) is 0 Å². The number of nitrogens with one attached hydrogen (secondary N) is 1. The predicted molar refractivity (Wildman–Crippen MR) is 103 cm³/mol. The number of benzene rings is 2. The highest BCUT2D eigenvalue weighted by Crippen LogP contribution is 2.23. The van der Waals surface area contributed by atoms with Crippen LogP contribution in [-0.2, 0) is 21.2 Å². The molecule has 144 valence electrons. The van der Waals surface area contributed by atoms with Gasteiger partial charge in [-0.3, -0.25) is 9.69 Å². The normalized spacial score (nSPS) is 18.2. The highest BCUT2D eigenvalue weighted by atomic mass is 32.2. The number of piperidine rings is 1. The lowest BCUT2D eigenvalue weighted by atomic mass is 9.96. The van der Waals surface area contributed by atoms with E-state index in [0.29, 0.717) is 6.54 Å². The Hall–Kier alpha value is -2.25. The molecule has 0 spiro atoms. The largest absolute Gasteiger partial charge is 0.323 e. The molecule has 1 aliphatic rings. The molecule has 0 radical (unpaired) electrons. The van der Waals surface area contributed by atoms with E-state index >= 15 is 0 Å². The van der Waals surface area contributed by atoms with Crippen molar-refractivity contribution in [2.45, 2.75) is 24.3 Å². The zero-order valence-corrected chi connectivity index (χ0v) is 16.0. The fourth-order valence-corrected chi connectivity index (χ4v) is 3.97. The first-order chi connectivity index (χ1) is 12.8. The van der Waals surface area contributed by atoms with Crippen molar-refractivity contribution in [3.05, 3.63) is 59.9 Å². The summed E-state index contributed by atoms with van der Waals surface area (Å²) in [5.74, 6) is -1.19. The van der Waals surface area contributed by atoms with Crippen molar-refractivity contribution in [2.75, 3.05) is 24.7 Å². The zero-order valence-electron chi connectivity index (χ0n) is 15.2. The molecule has 7 heteroatoms. The molecule has 2 aromatic rings. The number of likely N-dealkylation sites (tertiary alicyclic amines) is 1. The van der Waals surface area contributed by atoms with Gasteiger partial charge in [0.15, 0.2) is 9.84 Å². The minimum atomic E-state index is -3.47. The molecular weight excluding hydrogens is 367 g/mol. The summed E-state index contributed by atoms with van der Waals surface area (Å²) in [5.41, 5.74) is 1.09. The Kier molecular flexibility index (Phi) is 5.92. The van der Waals surface area contributed by atoms with Crippen LogP contribution in [0.1, 0.15) is 18.4 Å². The zero-order chi connectivity index (χ0) is 19.4. The van der Waals surface area contributed by atoms with Crippen LogP contribution < -0.4 is 5.32 Å². The summed E-state index contributed by atoms with van der Waals surface area (Å²) in [4.78, 5) is 14.8. The molecule has 1 unspecified atom stereocenters. The summed E-state index contributed by atoms with van der Waals surface area (Å²) in [7, 11) is -3.47. The predicted octanol–water partition coefficient (Wildman–Crippen LogP) is 3.08. The topological polar surface area (TPSA) is 66.5 Å². The van der Waals surface area contributed by atoms with E-state index in [0.717, 1.165) is 38.3 Å². The molecule has 1 atom stereocenters. The van der Waals surface area contributed by atoms with Crippen LogP contribution in [0.3, 0.4) is 0 Å². The van der Waals surface area contributed by atoms with Crippen molar-refractivity contribution in [3.63, 3.8) is 0 Å². The van der Waals surface area contributed by atoms with Gasteiger partial charge in [0.1, 0.15) is 5.82 Å². The lowest BCUT2D eigenvalue weighted by Gasteiger charge is -2.32. The van der Waals surface area contributed by atoms with Gasteiger partial charge in [-0.1, -0.05) is 30.3 Å². The lowest BCUT2D eigenvalue weighted by Crippen LogP contribution is -2.40. The molecule has 1 aliphatic heterocycles. The molecule has 27 heavy (non-hydrogen) atoms. The fraction of sp³-hybridized carbons (Fsp3) is 0.350. The number of rotatable bonds is 5. The first kappa shape index (κ1) is 19.5. The van der Waals surface area contributed by atoms with E-state index in [1.807, 2.05) is 18.2 Å². The number of hydrogen-bond donors (Lipinski definition) is 1. The third-order valence-electron chi connectivity index (χ3n) is 4.75. The van der Waals surface area contributed by atoms with Crippen molar-refractivity contribution >= 4 is 21.4 Å². The minimum Gasteiger partial charge on any atom is -0.323 e. The molecule has 1 saturated heterocycles. The molecule has 1 N–H and O–H groups in total. The van der Waals surface area contributed by atoms with E-state index < -0.39 is 15.7 Å². The monoisotopic (exact) mass is 390 g/mol. The highest BCUT2D eigenvalue weighted by Gasteiger charge is 2.26. The van der Waals surface area contributed by atoms with Gasteiger partial charge in [-0.2, -0.15) is 0 Å². The summed E-state index contributed by atoms with van der Waals surface area (Å²) >= 11 is 0. The Labute approximate surface area is 159 Å². The van der Waals surface area contributed by atoms with Crippen LogP contribution in [0, 0.1) is 11.7 Å². The second-order valence-electron chi connectivity index (χ2n) is 6.96. The van der Waals surface area contributed by atoms with Gasteiger partial charge < -0.3 is 5.32 Å². The van der Waals surface area contributed by atoms with Gasteiger partial charge in [-0.15, -0.1) is 0 Å². The molecule has 2 aromatic carbocycles. The fourth-order valence-electron chi connectivity index (χ4n) is 3.32. The molecular formula is C20H23FN2O3S. The maximum absolute atomic E-state index is 14.0. The summed E-state index contributed by atoms with van der Waals surface area (Å²) < 4.78 is 37.3. The third-order valence-corrected chi connectivity index (χ3v) is 5.86. The summed E-state index contributed by atoms with van der Waals surface area (Å²) in [5, 5.41) is 2.57. The van der Waals surface area contributed by atoms with Crippen LogP contribution in [0.4, 0.5) is 10.1 Å². The van der Waals surface area contributed by atoms with E-state index in [9.17, 15) is 17.6 Å². The summed E-state index contributed by atoms with van der Waals surface area (Å²) in [6, 6.07) is 13.5. The average Bonchev–Trinajstić information content (AvgIpc) is 2.63. The number of nitrogens with zero attached hydrogens (tertiary/aromatic N) is 1. The maximum atomic E-state index is 14.0. The highest BCUT2D eigenvalue weighted by molar-refractivity contribution is 7.90. The van der Waals surface area contributed by atoms with E-state index in [4.69, 9.17) is 0 Å². The number of amides is 1. The quantitative estimate of drug-likeness (QED) is 0.797. The molecule has 1 fully saturated rings. The van der Waals surface area contributed by atoms with E-state index in [-0.39, 0.29) is 22.4 Å². The van der Waals surface area contributed by atoms with Crippen LogP contribution >= 0.6 is 0 Å². The van der Waals surface area contributed by atoms with Gasteiger partial charge in [0.05, 0.1) is 16.5 Å². The lowest BCUT2D eigenvalue weighted by molar-refractivity contribution is -0.121. The second kappa shape index (κ2) is 8.19. The smallest absolute Gasteiger partial charge is 0.228 e. The molecule has 5 nitrogen and oxygen atoms in total. The van der Waals surface area contributed by atoms with Gasteiger partial charge in [0.2, 0.25) is 5.91 Å². The van der Waals surface area contributed by atoms with Gasteiger partial charge in [-0.05, 0) is 43.1 Å². The number of sulfone groups is 1. The first-order valence-electron chi connectivity index (χ1n) is 8.89. The van der Waals surface area contributed by atoms with Crippen molar-refractivity contribution in [3.8, 4) is 0 Å². The van der Waals surface area contributed by atoms with Crippen LogP contribution in [0.5, 0.6) is 0 Å². The van der Waals surface area contributed by atoms with Crippen LogP contribution in [-0.4, -0.2) is 38.6 Å². The molecule has 1 heterocycles. The minimum absolute atomic E-state index is 0.0199. The van der Waals surface area contributed by atoms with Gasteiger partial charge >= 0.3 is 0 Å². The van der Waals surface area contributed by atoms with Gasteiger partial charge in [0, 0.05) is 19.3 Å². The number of hydrogen-bond acceptors (Lipinski definition) is 4. The Balaban J connectivity index is 1.67. The van der Waals surface area contributed by atoms with Crippen LogP contribution in [0.25, 0.3) is 0 Å². The maximum Gasteiger partial charge on any atom is 0.228 e. The molecule has 0 saturated carbocycles. The number of halogens is 1. The molecule has 0 bridgehead atoms. The van der Waals surface area contributed by atoms with Crippen molar-refractivity contribution in [2.24, 2.45) is 5.92 Å².